The van der Waals surface area contributed by atoms with Crippen LogP contribution in [0.2, 0.25) is 25.7 Å². The number of amides is 1. The second kappa shape index (κ2) is 5.72. The molecule has 4 heteroatoms. The smallest absolute Gasteiger partial charge is 0.228 e. The molecule has 0 aromatic rings. The third-order valence-electron chi connectivity index (χ3n) is 4.14. The molecule has 0 spiro atoms. The molecule has 3 nitrogen and oxygen atoms in total. The summed E-state index contributed by atoms with van der Waals surface area (Å²) in [6, 6.07) is 0.973. The van der Waals surface area contributed by atoms with Crippen LogP contribution in [0.25, 0.3) is 0 Å². The van der Waals surface area contributed by atoms with Crippen molar-refractivity contribution in [1.82, 2.24) is 4.90 Å². The van der Waals surface area contributed by atoms with E-state index < -0.39 is 14.3 Å². The fourth-order valence-corrected chi connectivity index (χ4v) is 4.73. The van der Waals surface area contributed by atoms with Crippen LogP contribution in [0.15, 0.2) is 30.0 Å². The molecule has 1 amide bonds. The van der Waals surface area contributed by atoms with Gasteiger partial charge in [-0.1, -0.05) is 38.4 Å². The molecule has 1 fully saturated rings. The molecular formula is C16H25NO2Si. The summed E-state index contributed by atoms with van der Waals surface area (Å²) in [5.41, 5.74) is 4.05. The Morgan fingerprint density at radius 1 is 1.45 bits per heavy atom. The minimum atomic E-state index is -1.27. The highest BCUT2D eigenvalue weighted by molar-refractivity contribution is 6.76. The molecule has 3 unspecified atom stereocenters. The van der Waals surface area contributed by atoms with E-state index in [2.05, 4.69) is 44.1 Å². The predicted molar refractivity (Wildman–Crippen MR) is 83.9 cm³/mol. The molecule has 0 saturated carbocycles. The Morgan fingerprint density at radius 2 is 2.10 bits per heavy atom. The van der Waals surface area contributed by atoms with Gasteiger partial charge in [-0.25, -0.2) is 0 Å². The molecule has 0 aromatic carbocycles. The van der Waals surface area contributed by atoms with Crippen LogP contribution in [0.3, 0.4) is 0 Å². The third-order valence-corrected chi connectivity index (χ3v) is 5.63. The van der Waals surface area contributed by atoms with Crippen molar-refractivity contribution < 1.29 is 9.90 Å². The van der Waals surface area contributed by atoms with Crippen molar-refractivity contribution in [2.45, 2.75) is 44.8 Å². The minimum Gasteiger partial charge on any atom is -0.373 e. The summed E-state index contributed by atoms with van der Waals surface area (Å²) in [4.78, 5) is 14.1. The first-order chi connectivity index (χ1) is 9.33. The number of nitrogens with zero attached hydrogens (tertiary/aromatic N) is 1. The zero-order chi connectivity index (χ0) is 14.9. The van der Waals surface area contributed by atoms with Crippen LogP contribution in [0.1, 0.15) is 12.8 Å². The Bertz CT molecular complexity index is 471. The Labute approximate surface area is 122 Å². The summed E-state index contributed by atoms with van der Waals surface area (Å²) in [7, 11) is -1.27. The normalized spacial score (nSPS) is 29.3. The first kappa shape index (κ1) is 15.3. The van der Waals surface area contributed by atoms with Crippen LogP contribution >= 0.6 is 0 Å². The number of carbonyl (C=O) groups excluding carboxylic acids is 1. The standard InChI is InChI=1S/C16H25NO2Si/c1-5-12(11-20(2,3)4)10-17-15(18)13-8-6-7-9-14(13)16(17)19/h6-7,13-15,18H,1,8-11H2,2-4H3. The van der Waals surface area contributed by atoms with Gasteiger partial charge in [-0.05, 0) is 24.5 Å². The van der Waals surface area contributed by atoms with Gasteiger partial charge in [-0.3, -0.25) is 4.79 Å². The van der Waals surface area contributed by atoms with Crippen LogP contribution in [-0.4, -0.2) is 36.8 Å². The first-order valence-corrected chi connectivity index (χ1v) is 11.1. The van der Waals surface area contributed by atoms with Gasteiger partial charge in [-0.2, -0.15) is 0 Å². The van der Waals surface area contributed by atoms with Crippen molar-refractivity contribution in [3.63, 3.8) is 0 Å². The number of allylic oxidation sites excluding steroid dienone is 2. The fraction of sp³-hybridized carbons (Fsp3) is 0.625. The molecular weight excluding hydrogens is 266 g/mol. The maximum absolute atomic E-state index is 12.4. The van der Waals surface area contributed by atoms with Crippen molar-refractivity contribution in [2.75, 3.05) is 6.54 Å². The monoisotopic (exact) mass is 291 g/mol. The zero-order valence-electron chi connectivity index (χ0n) is 12.7. The van der Waals surface area contributed by atoms with Gasteiger partial charge in [0.25, 0.3) is 0 Å². The Hall–Kier alpha value is -1.09. The number of rotatable bonds is 4. The Kier molecular flexibility index (Phi) is 4.38. The second-order valence-electron chi connectivity index (χ2n) is 7.11. The van der Waals surface area contributed by atoms with Crippen molar-refractivity contribution in [3.8, 4) is 0 Å². The van der Waals surface area contributed by atoms with Crippen molar-refractivity contribution in [1.29, 1.82) is 0 Å². The molecule has 0 bridgehead atoms. The van der Waals surface area contributed by atoms with Gasteiger partial charge in [0.1, 0.15) is 6.23 Å². The fourth-order valence-electron chi connectivity index (χ4n) is 3.21. The average molecular weight is 291 g/mol. The van der Waals surface area contributed by atoms with Gasteiger partial charge in [0.2, 0.25) is 5.91 Å². The SMILES string of the molecule is C=C=C(CN1C(=O)C2CC=CCC2C1O)C[Si](C)(C)C. The van der Waals surface area contributed by atoms with Gasteiger partial charge in [0, 0.05) is 19.9 Å². The number of aliphatic hydroxyl groups is 1. The van der Waals surface area contributed by atoms with Gasteiger partial charge in [0.05, 0.1) is 6.54 Å². The van der Waals surface area contributed by atoms with E-state index in [1.807, 2.05) is 0 Å². The summed E-state index contributed by atoms with van der Waals surface area (Å²) in [5.74, 6) is 0.119. The molecule has 2 aliphatic rings. The molecule has 0 radical (unpaired) electrons. The number of fused-ring (bicyclic) bond motifs is 1. The molecule has 1 heterocycles. The summed E-state index contributed by atoms with van der Waals surface area (Å²) in [6.45, 7) is 11.1. The zero-order valence-corrected chi connectivity index (χ0v) is 13.7. The van der Waals surface area contributed by atoms with E-state index >= 15 is 0 Å². The van der Waals surface area contributed by atoms with Crippen LogP contribution < -0.4 is 0 Å². The van der Waals surface area contributed by atoms with E-state index in [1.54, 1.807) is 4.90 Å². The number of hydrogen-bond acceptors (Lipinski definition) is 2. The molecule has 110 valence electrons. The summed E-state index contributed by atoms with van der Waals surface area (Å²) in [5, 5.41) is 10.4. The maximum atomic E-state index is 12.4. The van der Waals surface area contributed by atoms with Crippen LogP contribution in [0, 0.1) is 11.8 Å². The molecule has 1 N–H and O–H groups in total. The van der Waals surface area contributed by atoms with Gasteiger partial charge in [0.15, 0.2) is 0 Å². The number of hydrogen-bond donors (Lipinski definition) is 1. The quantitative estimate of drug-likeness (QED) is 0.491. The van der Waals surface area contributed by atoms with Gasteiger partial charge >= 0.3 is 0 Å². The average Bonchev–Trinajstić information content (AvgIpc) is 2.62. The molecule has 2 rings (SSSR count). The summed E-state index contributed by atoms with van der Waals surface area (Å²) < 4.78 is 0. The van der Waals surface area contributed by atoms with E-state index in [-0.39, 0.29) is 17.7 Å². The molecule has 1 aliphatic carbocycles. The van der Waals surface area contributed by atoms with Crippen molar-refractivity contribution in [3.05, 3.63) is 30.0 Å². The number of likely N-dealkylation sites (tertiary alicyclic amines) is 1. The lowest BCUT2D eigenvalue weighted by Crippen LogP contribution is -2.37. The molecule has 1 saturated heterocycles. The third kappa shape index (κ3) is 3.14. The topological polar surface area (TPSA) is 40.5 Å². The second-order valence-corrected chi connectivity index (χ2v) is 12.6. The predicted octanol–water partition coefficient (Wildman–Crippen LogP) is 2.78. The van der Waals surface area contributed by atoms with Crippen LogP contribution in [0.5, 0.6) is 0 Å². The molecule has 0 aromatic heterocycles. The summed E-state index contributed by atoms with van der Waals surface area (Å²) in [6.07, 6.45) is 5.05. The highest BCUT2D eigenvalue weighted by Crippen LogP contribution is 2.38. The minimum absolute atomic E-state index is 0.0343. The Morgan fingerprint density at radius 3 is 2.65 bits per heavy atom. The maximum Gasteiger partial charge on any atom is 0.228 e. The molecule has 1 aliphatic heterocycles. The first-order valence-electron chi connectivity index (χ1n) is 7.35. The Balaban J connectivity index is 2.10. The largest absolute Gasteiger partial charge is 0.373 e. The van der Waals surface area contributed by atoms with Crippen molar-refractivity contribution in [2.24, 2.45) is 11.8 Å². The lowest BCUT2D eigenvalue weighted by molar-refractivity contribution is -0.134. The highest BCUT2D eigenvalue weighted by atomic mass is 28.3. The lowest BCUT2D eigenvalue weighted by atomic mass is 9.85. The number of aliphatic hydroxyl groups excluding tert-OH is 1. The van der Waals surface area contributed by atoms with Gasteiger partial charge < -0.3 is 10.0 Å². The van der Waals surface area contributed by atoms with E-state index in [0.717, 1.165) is 24.5 Å². The lowest BCUT2D eigenvalue weighted by Gasteiger charge is -2.26. The number of carbonyl (C=O) groups is 1. The van der Waals surface area contributed by atoms with E-state index in [0.29, 0.717) is 6.54 Å². The van der Waals surface area contributed by atoms with Crippen molar-refractivity contribution >= 4 is 14.0 Å². The van der Waals surface area contributed by atoms with Gasteiger partial charge in [-0.15, -0.1) is 5.73 Å². The van der Waals surface area contributed by atoms with Crippen LogP contribution in [0.4, 0.5) is 0 Å². The highest BCUT2D eigenvalue weighted by Gasteiger charge is 2.47. The van der Waals surface area contributed by atoms with E-state index in [4.69, 9.17) is 0 Å². The van der Waals surface area contributed by atoms with Crippen LogP contribution in [-0.2, 0) is 4.79 Å². The molecule has 20 heavy (non-hydrogen) atoms. The molecule has 3 atom stereocenters. The summed E-state index contributed by atoms with van der Waals surface area (Å²) >= 11 is 0. The van der Waals surface area contributed by atoms with E-state index in [1.165, 1.54) is 0 Å². The van der Waals surface area contributed by atoms with E-state index in [9.17, 15) is 9.90 Å².